The van der Waals surface area contributed by atoms with Gasteiger partial charge in [-0.3, -0.25) is 0 Å². The van der Waals surface area contributed by atoms with Gasteiger partial charge in [0.1, 0.15) is 17.4 Å². The summed E-state index contributed by atoms with van der Waals surface area (Å²) in [5.41, 5.74) is 0.616. The Morgan fingerprint density at radius 2 is 2.35 bits per heavy atom. The molecule has 1 atom stereocenters. The third kappa shape index (κ3) is 2.95. The summed E-state index contributed by atoms with van der Waals surface area (Å²) in [6.45, 7) is 1.42. The molecule has 0 amide bonds. The third-order valence-corrected chi connectivity index (χ3v) is 2.92. The van der Waals surface area contributed by atoms with Crippen LogP contribution >= 0.6 is 0 Å². The first kappa shape index (κ1) is 11.9. The van der Waals surface area contributed by atoms with E-state index in [-0.39, 0.29) is 11.7 Å². The minimum Gasteiger partial charge on any atom is -0.381 e. The maximum Gasteiger partial charge on any atom is 0.143 e. The summed E-state index contributed by atoms with van der Waals surface area (Å²) in [5.74, 6) is -0.484. The van der Waals surface area contributed by atoms with E-state index in [1.54, 1.807) is 12.1 Å². The van der Waals surface area contributed by atoms with Crippen LogP contribution in [0, 0.1) is 17.1 Å². The van der Waals surface area contributed by atoms with Crippen molar-refractivity contribution >= 4 is 5.69 Å². The third-order valence-electron chi connectivity index (χ3n) is 2.92. The van der Waals surface area contributed by atoms with Crippen LogP contribution in [0.15, 0.2) is 18.2 Å². The van der Waals surface area contributed by atoms with Gasteiger partial charge in [0.15, 0.2) is 0 Å². The molecule has 1 N–H and O–H groups in total. The summed E-state index contributed by atoms with van der Waals surface area (Å²) in [4.78, 5) is 0. The molecule has 1 aromatic carbocycles. The van der Waals surface area contributed by atoms with E-state index in [1.807, 2.05) is 6.07 Å². The molecule has 0 aromatic heterocycles. The number of halogens is 1. The second kappa shape index (κ2) is 5.65. The Morgan fingerprint density at radius 3 is 3.06 bits per heavy atom. The van der Waals surface area contributed by atoms with Crippen LogP contribution in [0.1, 0.15) is 24.8 Å². The van der Waals surface area contributed by atoms with Gasteiger partial charge < -0.3 is 10.1 Å². The number of ether oxygens (including phenoxy) is 1. The molecule has 4 heteroatoms. The van der Waals surface area contributed by atoms with Crippen LogP contribution < -0.4 is 5.32 Å². The average molecular weight is 234 g/mol. The van der Waals surface area contributed by atoms with Gasteiger partial charge in [0.2, 0.25) is 0 Å². The van der Waals surface area contributed by atoms with E-state index in [0.717, 1.165) is 19.4 Å². The molecule has 3 nitrogen and oxygen atoms in total. The standard InChI is InChI=1S/C13H15FN2O/c14-12-5-3-6-13(11(12)8-15)16-9-10-4-1-2-7-17-10/h3,5-6,10,16H,1-2,4,7,9H2. The summed E-state index contributed by atoms with van der Waals surface area (Å²) >= 11 is 0. The number of benzene rings is 1. The Balaban J connectivity index is 1.99. The van der Waals surface area contributed by atoms with E-state index >= 15 is 0 Å². The van der Waals surface area contributed by atoms with E-state index in [9.17, 15) is 4.39 Å². The molecule has 1 saturated heterocycles. The minimum atomic E-state index is -0.484. The van der Waals surface area contributed by atoms with Crippen molar-refractivity contribution in [2.75, 3.05) is 18.5 Å². The minimum absolute atomic E-state index is 0.0725. The van der Waals surface area contributed by atoms with E-state index in [4.69, 9.17) is 10.00 Å². The molecule has 1 aliphatic rings. The van der Waals surface area contributed by atoms with Gasteiger partial charge in [0.25, 0.3) is 0 Å². The SMILES string of the molecule is N#Cc1c(F)cccc1NCC1CCCCO1. The van der Waals surface area contributed by atoms with Crippen molar-refractivity contribution in [3.05, 3.63) is 29.6 Å². The lowest BCUT2D eigenvalue weighted by Gasteiger charge is -2.23. The lowest BCUT2D eigenvalue weighted by atomic mass is 10.1. The Kier molecular flexibility index (Phi) is 3.94. The Hall–Kier alpha value is -1.60. The first-order valence-electron chi connectivity index (χ1n) is 5.85. The zero-order chi connectivity index (χ0) is 12.1. The van der Waals surface area contributed by atoms with Crippen molar-refractivity contribution in [3.8, 4) is 6.07 Å². The van der Waals surface area contributed by atoms with Crippen LogP contribution in [-0.2, 0) is 4.74 Å². The van der Waals surface area contributed by atoms with Crippen LogP contribution in [0.2, 0.25) is 0 Å². The summed E-state index contributed by atoms with van der Waals surface area (Å²) < 4.78 is 18.9. The van der Waals surface area contributed by atoms with Gasteiger partial charge in [-0.25, -0.2) is 4.39 Å². The monoisotopic (exact) mass is 234 g/mol. The predicted octanol–water partition coefficient (Wildman–Crippen LogP) is 2.68. The van der Waals surface area contributed by atoms with E-state index in [0.29, 0.717) is 12.2 Å². The number of hydrogen-bond acceptors (Lipinski definition) is 3. The molecule has 90 valence electrons. The largest absolute Gasteiger partial charge is 0.381 e. The van der Waals surface area contributed by atoms with Crippen LogP contribution in [0.25, 0.3) is 0 Å². The van der Waals surface area contributed by atoms with Crippen LogP contribution in [0.5, 0.6) is 0 Å². The van der Waals surface area contributed by atoms with E-state index in [2.05, 4.69) is 5.32 Å². The predicted molar refractivity (Wildman–Crippen MR) is 63.2 cm³/mol. The van der Waals surface area contributed by atoms with Crippen molar-refractivity contribution in [3.63, 3.8) is 0 Å². The lowest BCUT2D eigenvalue weighted by Crippen LogP contribution is -2.27. The molecule has 0 spiro atoms. The number of rotatable bonds is 3. The van der Waals surface area contributed by atoms with Crippen molar-refractivity contribution in [2.45, 2.75) is 25.4 Å². The Labute approximate surface area is 100 Å². The molecule has 17 heavy (non-hydrogen) atoms. The Morgan fingerprint density at radius 1 is 1.47 bits per heavy atom. The van der Waals surface area contributed by atoms with Crippen molar-refractivity contribution < 1.29 is 9.13 Å². The fraction of sp³-hybridized carbons (Fsp3) is 0.462. The molecule has 0 saturated carbocycles. The summed E-state index contributed by atoms with van der Waals surface area (Å²) in [7, 11) is 0. The van der Waals surface area contributed by atoms with Crippen molar-refractivity contribution in [1.29, 1.82) is 5.26 Å². The van der Waals surface area contributed by atoms with Gasteiger partial charge >= 0.3 is 0 Å². The highest BCUT2D eigenvalue weighted by molar-refractivity contribution is 5.57. The van der Waals surface area contributed by atoms with Gasteiger partial charge in [-0.2, -0.15) is 5.26 Å². The number of nitriles is 1. The van der Waals surface area contributed by atoms with Crippen molar-refractivity contribution in [1.82, 2.24) is 0 Å². The molecule has 0 aliphatic carbocycles. The molecule has 1 fully saturated rings. The molecule has 1 aromatic rings. The summed E-state index contributed by atoms with van der Waals surface area (Å²) in [6.07, 6.45) is 3.46. The highest BCUT2D eigenvalue weighted by Crippen LogP contribution is 2.19. The summed E-state index contributed by atoms with van der Waals surface area (Å²) in [6, 6.07) is 6.48. The maximum absolute atomic E-state index is 13.3. The van der Waals surface area contributed by atoms with Gasteiger partial charge in [-0.15, -0.1) is 0 Å². The van der Waals surface area contributed by atoms with Gasteiger partial charge in [-0.1, -0.05) is 6.07 Å². The van der Waals surface area contributed by atoms with E-state index in [1.165, 1.54) is 12.5 Å². The van der Waals surface area contributed by atoms with Gasteiger partial charge in [-0.05, 0) is 31.4 Å². The first-order chi connectivity index (χ1) is 8.31. The van der Waals surface area contributed by atoms with Gasteiger partial charge in [0.05, 0.1) is 11.8 Å². The molecule has 0 radical (unpaired) electrons. The fourth-order valence-corrected chi connectivity index (χ4v) is 1.98. The lowest BCUT2D eigenvalue weighted by molar-refractivity contribution is 0.0247. The molecule has 1 aliphatic heterocycles. The van der Waals surface area contributed by atoms with Crippen LogP contribution in [0.4, 0.5) is 10.1 Å². The average Bonchev–Trinajstić information content (AvgIpc) is 2.37. The number of hydrogen-bond donors (Lipinski definition) is 1. The molecular formula is C13H15FN2O. The second-order valence-electron chi connectivity index (χ2n) is 4.14. The molecular weight excluding hydrogens is 219 g/mol. The van der Waals surface area contributed by atoms with Gasteiger partial charge in [0, 0.05) is 13.2 Å². The fourth-order valence-electron chi connectivity index (χ4n) is 1.98. The zero-order valence-corrected chi connectivity index (χ0v) is 9.58. The first-order valence-corrected chi connectivity index (χ1v) is 5.85. The number of anilines is 1. The summed E-state index contributed by atoms with van der Waals surface area (Å²) in [5, 5.41) is 12.0. The smallest absolute Gasteiger partial charge is 0.143 e. The quantitative estimate of drug-likeness (QED) is 0.874. The highest BCUT2D eigenvalue weighted by atomic mass is 19.1. The molecule has 2 rings (SSSR count). The second-order valence-corrected chi connectivity index (χ2v) is 4.14. The molecule has 1 unspecified atom stereocenters. The number of nitrogens with one attached hydrogen (secondary N) is 1. The molecule has 1 heterocycles. The maximum atomic E-state index is 13.3. The Bertz CT molecular complexity index is 422. The topological polar surface area (TPSA) is 45.0 Å². The van der Waals surface area contributed by atoms with Crippen LogP contribution in [-0.4, -0.2) is 19.3 Å². The zero-order valence-electron chi connectivity index (χ0n) is 9.58. The van der Waals surface area contributed by atoms with Crippen LogP contribution in [0.3, 0.4) is 0 Å². The van der Waals surface area contributed by atoms with E-state index < -0.39 is 5.82 Å². The normalized spacial score (nSPS) is 19.6. The molecule has 0 bridgehead atoms. The highest BCUT2D eigenvalue weighted by Gasteiger charge is 2.14. The number of nitrogens with zero attached hydrogens (tertiary/aromatic N) is 1. The van der Waals surface area contributed by atoms with Crippen molar-refractivity contribution in [2.24, 2.45) is 0 Å².